The number of hydrogen-bond donors (Lipinski definition) is 1. The van der Waals surface area contributed by atoms with Crippen molar-refractivity contribution in [1.82, 2.24) is 4.90 Å². The van der Waals surface area contributed by atoms with Crippen LogP contribution in [0.1, 0.15) is 24.8 Å². The van der Waals surface area contributed by atoms with Crippen molar-refractivity contribution < 1.29 is 18.4 Å². The van der Waals surface area contributed by atoms with E-state index in [0.717, 1.165) is 31.4 Å². The van der Waals surface area contributed by atoms with E-state index in [1.807, 2.05) is 0 Å². The Morgan fingerprint density at radius 2 is 1.83 bits per heavy atom. The molecule has 2 fully saturated rings. The van der Waals surface area contributed by atoms with Gasteiger partial charge in [0.15, 0.2) is 11.6 Å². The molecule has 1 N–H and O–H groups in total. The highest BCUT2D eigenvalue weighted by Gasteiger charge is 2.60. The van der Waals surface area contributed by atoms with Gasteiger partial charge in [0.1, 0.15) is 17.9 Å². The van der Waals surface area contributed by atoms with Crippen LogP contribution in [0.3, 0.4) is 0 Å². The zero-order valence-corrected chi connectivity index (χ0v) is 16.6. The third-order valence-corrected chi connectivity index (χ3v) is 6.39. The minimum atomic E-state index is -1.05. The molecule has 0 aromatic heterocycles. The number of benzene rings is 2. The zero-order valence-electron chi connectivity index (χ0n) is 15.9. The maximum absolute atomic E-state index is 13.4. The highest BCUT2D eigenvalue weighted by atomic mass is 35.5. The minimum Gasteiger partial charge on any atom is -0.324 e. The standard InChI is InChI=1S/C22H18ClF2N3O2/c23-15-3-1-12(2-4-15)20-21(30)28(22(27-20)9-13-7-14(13)10-22)11-19(29)26-16-5-6-17(24)18(25)8-16/h1-6,8,13-14H,7,9-11H2,(H,26,29)/t13-,14+,22?. The first-order valence-electron chi connectivity index (χ1n) is 9.77. The highest BCUT2D eigenvalue weighted by molar-refractivity contribution is 6.47. The molecule has 5 nitrogen and oxygen atoms in total. The molecular weight excluding hydrogens is 412 g/mol. The smallest absolute Gasteiger partial charge is 0.275 e. The number of nitrogens with zero attached hydrogens (tertiary/aromatic N) is 2. The van der Waals surface area contributed by atoms with Gasteiger partial charge in [-0.1, -0.05) is 23.7 Å². The fourth-order valence-electron chi connectivity index (χ4n) is 4.61. The van der Waals surface area contributed by atoms with Crippen LogP contribution in [0.5, 0.6) is 0 Å². The molecule has 0 saturated heterocycles. The van der Waals surface area contributed by atoms with Gasteiger partial charge in [-0.25, -0.2) is 8.78 Å². The molecule has 1 spiro atoms. The van der Waals surface area contributed by atoms with Gasteiger partial charge >= 0.3 is 0 Å². The van der Waals surface area contributed by atoms with E-state index < -0.39 is 23.2 Å². The van der Waals surface area contributed by atoms with Crippen LogP contribution in [-0.4, -0.2) is 34.6 Å². The molecule has 0 radical (unpaired) electrons. The van der Waals surface area contributed by atoms with E-state index >= 15 is 0 Å². The van der Waals surface area contributed by atoms with Gasteiger partial charge in [-0.2, -0.15) is 0 Å². The number of rotatable bonds is 4. The Morgan fingerprint density at radius 1 is 1.13 bits per heavy atom. The molecule has 0 bridgehead atoms. The lowest BCUT2D eigenvalue weighted by Gasteiger charge is -2.33. The number of fused-ring (bicyclic) bond motifs is 1. The predicted octanol–water partition coefficient (Wildman–Crippen LogP) is 4.01. The Bertz CT molecular complexity index is 1080. The molecule has 2 saturated carbocycles. The number of nitrogens with one attached hydrogen (secondary N) is 1. The van der Waals surface area contributed by atoms with Crippen LogP contribution < -0.4 is 5.32 Å². The number of aliphatic imine (C=N–C) groups is 1. The first-order valence-corrected chi connectivity index (χ1v) is 10.2. The molecule has 2 aliphatic carbocycles. The summed E-state index contributed by atoms with van der Waals surface area (Å²) in [5, 5.41) is 3.10. The van der Waals surface area contributed by atoms with E-state index in [1.165, 1.54) is 11.0 Å². The molecule has 2 aromatic rings. The van der Waals surface area contributed by atoms with Crippen molar-refractivity contribution >= 4 is 34.8 Å². The van der Waals surface area contributed by atoms with Crippen molar-refractivity contribution in [3.63, 3.8) is 0 Å². The van der Waals surface area contributed by atoms with E-state index in [0.29, 0.717) is 28.1 Å². The zero-order chi connectivity index (χ0) is 21.0. The van der Waals surface area contributed by atoms with Crippen LogP contribution in [0, 0.1) is 23.5 Å². The second kappa shape index (κ2) is 6.87. The fraction of sp³-hybridized carbons (Fsp3) is 0.318. The SMILES string of the molecule is O=C(CN1C(=O)C(c2ccc(Cl)cc2)=NC12C[C@H]1C[C@H]1C2)Nc1ccc(F)c(F)c1. The summed E-state index contributed by atoms with van der Waals surface area (Å²) in [7, 11) is 0. The normalized spacial score (nSPS) is 26.7. The Kier molecular flexibility index (Phi) is 4.39. The topological polar surface area (TPSA) is 61.8 Å². The maximum Gasteiger partial charge on any atom is 0.275 e. The lowest BCUT2D eigenvalue weighted by Crippen LogP contribution is -2.49. The van der Waals surface area contributed by atoms with Crippen molar-refractivity contribution in [2.24, 2.45) is 16.8 Å². The Hall–Kier alpha value is -2.80. The van der Waals surface area contributed by atoms with Crippen molar-refractivity contribution in [3.8, 4) is 0 Å². The van der Waals surface area contributed by atoms with Crippen LogP contribution >= 0.6 is 11.6 Å². The average molecular weight is 430 g/mol. The summed E-state index contributed by atoms with van der Waals surface area (Å²) in [6, 6.07) is 10.0. The van der Waals surface area contributed by atoms with Crippen LogP contribution in [0.2, 0.25) is 5.02 Å². The molecule has 5 rings (SSSR count). The molecule has 8 heteroatoms. The van der Waals surface area contributed by atoms with Crippen molar-refractivity contribution in [1.29, 1.82) is 0 Å². The lowest BCUT2D eigenvalue weighted by molar-refractivity contribution is -0.133. The maximum atomic E-state index is 13.4. The summed E-state index contributed by atoms with van der Waals surface area (Å²) < 4.78 is 26.6. The Labute approximate surface area is 176 Å². The number of carbonyl (C=O) groups excluding carboxylic acids is 2. The van der Waals surface area contributed by atoms with E-state index in [4.69, 9.17) is 16.6 Å². The van der Waals surface area contributed by atoms with Crippen LogP contribution in [0.25, 0.3) is 0 Å². The minimum absolute atomic E-state index is 0.132. The molecule has 30 heavy (non-hydrogen) atoms. The molecule has 154 valence electrons. The summed E-state index contributed by atoms with van der Waals surface area (Å²) in [6.45, 7) is -0.210. The summed E-state index contributed by atoms with van der Waals surface area (Å²) >= 11 is 5.96. The molecule has 2 aromatic carbocycles. The van der Waals surface area contributed by atoms with Gasteiger partial charge in [-0.15, -0.1) is 0 Å². The van der Waals surface area contributed by atoms with Crippen LogP contribution in [-0.2, 0) is 9.59 Å². The molecule has 1 heterocycles. The summed E-state index contributed by atoms with van der Waals surface area (Å²) in [5.41, 5.74) is 0.402. The van der Waals surface area contributed by atoms with Crippen LogP contribution in [0.4, 0.5) is 14.5 Å². The second-order valence-corrected chi connectivity index (χ2v) is 8.62. The molecule has 1 aliphatic heterocycles. The second-order valence-electron chi connectivity index (χ2n) is 8.18. The summed E-state index contributed by atoms with van der Waals surface area (Å²) in [6.07, 6.45) is 2.61. The predicted molar refractivity (Wildman–Crippen MR) is 108 cm³/mol. The third kappa shape index (κ3) is 3.27. The molecular formula is C22H18ClF2N3O2. The van der Waals surface area contributed by atoms with Crippen molar-refractivity contribution in [2.45, 2.75) is 24.9 Å². The number of amides is 2. The van der Waals surface area contributed by atoms with Gasteiger partial charge < -0.3 is 10.2 Å². The van der Waals surface area contributed by atoms with Gasteiger partial charge in [-0.05, 0) is 55.4 Å². The van der Waals surface area contributed by atoms with Crippen LogP contribution in [0.15, 0.2) is 47.5 Å². The quantitative estimate of drug-likeness (QED) is 0.798. The van der Waals surface area contributed by atoms with Crippen molar-refractivity contribution in [2.75, 3.05) is 11.9 Å². The fourth-order valence-corrected chi connectivity index (χ4v) is 4.74. The summed E-state index contributed by atoms with van der Waals surface area (Å²) in [5.74, 6) is -1.77. The number of carbonyl (C=O) groups is 2. The van der Waals surface area contributed by atoms with Gasteiger partial charge in [0.05, 0.1) is 0 Å². The first kappa shape index (κ1) is 19.2. The highest BCUT2D eigenvalue weighted by Crippen LogP contribution is 2.59. The Morgan fingerprint density at radius 3 is 2.50 bits per heavy atom. The van der Waals surface area contributed by atoms with E-state index in [-0.39, 0.29) is 18.1 Å². The monoisotopic (exact) mass is 429 g/mol. The van der Waals surface area contributed by atoms with Gasteiger partial charge in [0.25, 0.3) is 5.91 Å². The number of anilines is 1. The van der Waals surface area contributed by atoms with Gasteiger partial charge in [0, 0.05) is 22.3 Å². The number of hydrogen-bond acceptors (Lipinski definition) is 3. The molecule has 3 atom stereocenters. The van der Waals surface area contributed by atoms with Gasteiger partial charge in [0.2, 0.25) is 5.91 Å². The Balaban J connectivity index is 1.39. The molecule has 2 amide bonds. The van der Waals surface area contributed by atoms with Crippen molar-refractivity contribution in [3.05, 3.63) is 64.7 Å². The third-order valence-electron chi connectivity index (χ3n) is 6.14. The summed E-state index contributed by atoms with van der Waals surface area (Å²) in [4.78, 5) is 32.2. The van der Waals surface area contributed by atoms with E-state index in [9.17, 15) is 18.4 Å². The lowest BCUT2D eigenvalue weighted by atomic mass is 10.0. The largest absolute Gasteiger partial charge is 0.324 e. The van der Waals surface area contributed by atoms with E-state index in [2.05, 4.69) is 5.32 Å². The molecule has 3 aliphatic rings. The average Bonchev–Trinajstić information content (AvgIpc) is 3.25. The number of halogens is 3. The molecule has 1 unspecified atom stereocenters. The van der Waals surface area contributed by atoms with E-state index in [1.54, 1.807) is 24.3 Å². The first-order chi connectivity index (χ1) is 14.3. The van der Waals surface area contributed by atoms with Gasteiger partial charge in [-0.3, -0.25) is 14.6 Å².